The molecule has 0 aliphatic carbocycles. The Balaban J connectivity index is 1.63. The number of rotatable bonds is 0. The zero-order valence-electron chi connectivity index (χ0n) is 18.7. The van der Waals surface area contributed by atoms with Gasteiger partial charge in [-0.05, 0) is 67.4 Å². The topological polar surface area (TPSA) is 36.9 Å². The molecule has 162 valence electrons. The van der Waals surface area contributed by atoms with E-state index in [-0.39, 0.29) is 0 Å². The SMILES string of the molecule is c1cc2c3c(c1)c1cccc4c1c1c5c6c7c(cccc7c7cccc8c7c6c(c31)B(O2)O8)OB5O4. The minimum absolute atomic E-state index is 0.506. The van der Waals surface area contributed by atoms with Gasteiger partial charge in [-0.25, -0.2) is 0 Å². The van der Waals surface area contributed by atoms with Crippen molar-refractivity contribution in [2.75, 3.05) is 0 Å². The fourth-order valence-electron chi connectivity index (χ4n) is 7.49. The lowest BCUT2D eigenvalue weighted by atomic mass is 9.60. The molecule has 0 N–H and O–H groups in total. The zero-order chi connectivity index (χ0) is 22.9. The molecule has 11 rings (SSSR count). The van der Waals surface area contributed by atoms with Gasteiger partial charge in [0.2, 0.25) is 0 Å². The molecule has 4 heterocycles. The van der Waals surface area contributed by atoms with Crippen LogP contribution in [0.15, 0.2) is 72.8 Å². The van der Waals surface area contributed by atoms with Crippen molar-refractivity contribution in [1.82, 2.24) is 0 Å². The minimum atomic E-state index is -0.506. The Morgan fingerprint density at radius 3 is 0.889 bits per heavy atom. The van der Waals surface area contributed by atoms with Crippen molar-refractivity contribution in [3.63, 3.8) is 0 Å². The van der Waals surface area contributed by atoms with Crippen molar-refractivity contribution in [3.05, 3.63) is 72.8 Å². The van der Waals surface area contributed by atoms with Gasteiger partial charge in [0.25, 0.3) is 0 Å². The molecule has 0 fully saturated rings. The van der Waals surface area contributed by atoms with Gasteiger partial charge in [-0.2, -0.15) is 0 Å². The second-order valence-electron chi connectivity index (χ2n) is 10.2. The summed E-state index contributed by atoms with van der Waals surface area (Å²) in [5.74, 6) is 3.45. The normalized spacial score (nSPS) is 15.4. The summed E-state index contributed by atoms with van der Waals surface area (Å²) in [4.78, 5) is 0. The molecule has 7 aromatic carbocycles. The van der Waals surface area contributed by atoms with Crippen LogP contribution in [0.4, 0.5) is 0 Å². The second-order valence-corrected chi connectivity index (χ2v) is 10.2. The Bertz CT molecular complexity index is 1970. The summed E-state index contributed by atoms with van der Waals surface area (Å²) < 4.78 is 26.5. The number of hydrogen-bond donors (Lipinski definition) is 0. The molecule has 36 heavy (non-hydrogen) atoms. The standard InChI is InChI=1S/C30H12B2O4/c1-5-13-14-6-2-10-18-22(14)26-25-21(13)17(9-1)33-31-29(25)27-23-15(7-3-11-19(23)34-31)16-8-4-12-20-24(16)28(27)30(26)32(35-18)36-20/h1-12H. The third-order valence-electron chi connectivity index (χ3n) is 8.67. The summed E-state index contributed by atoms with van der Waals surface area (Å²) >= 11 is 0. The summed E-state index contributed by atoms with van der Waals surface area (Å²) in [7, 11) is -1.01. The molecule has 7 aromatic rings. The highest BCUT2D eigenvalue weighted by atomic mass is 16.6. The van der Waals surface area contributed by atoms with Crippen LogP contribution in [0.5, 0.6) is 23.0 Å². The molecule has 0 saturated heterocycles. The van der Waals surface area contributed by atoms with E-state index in [1.807, 2.05) is 0 Å². The molecule has 0 atom stereocenters. The first-order chi connectivity index (χ1) is 17.9. The van der Waals surface area contributed by atoms with Crippen LogP contribution < -0.4 is 29.5 Å². The molecule has 0 aromatic heterocycles. The van der Waals surface area contributed by atoms with Gasteiger partial charge < -0.3 is 18.6 Å². The first-order valence-corrected chi connectivity index (χ1v) is 12.3. The molecule has 0 radical (unpaired) electrons. The molecular formula is C30H12B2O4. The first-order valence-electron chi connectivity index (χ1n) is 12.3. The van der Waals surface area contributed by atoms with E-state index < -0.39 is 14.2 Å². The highest BCUT2D eigenvalue weighted by molar-refractivity contribution is 6.80. The predicted octanol–water partition coefficient (Wildman–Crippen LogP) is 5.57. The molecule has 4 aliphatic rings. The molecule has 0 spiro atoms. The maximum Gasteiger partial charge on any atom is 0.634 e. The Kier molecular flexibility index (Phi) is 2.43. The third kappa shape index (κ3) is 1.56. The van der Waals surface area contributed by atoms with E-state index in [2.05, 4.69) is 72.8 Å². The lowest BCUT2D eigenvalue weighted by Gasteiger charge is -2.36. The van der Waals surface area contributed by atoms with Crippen LogP contribution in [-0.4, -0.2) is 14.2 Å². The van der Waals surface area contributed by atoms with E-state index in [0.717, 1.165) is 55.5 Å². The van der Waals surface area contributed by atoms with Gasteiger partial charge in [0, 0.05) is 32.5 Å². The molecule has 6 heteroatoms. The van der Waals surface area contributed by atoms with Crippen LogP contribution >= 0.6 is 0 Å². The molecule has 0 unspecified atom stereocenters. The molecular weight excluding hydrogens is 446 g/mol. The van der Waals surface area contributed by atoms with Crippen molar-refractivity contribution in [2.45, 2.75) is 0 Å². The van der Waals surface area contributed by atoms with Gasteiger partial charge in [-0.1, -0.05) is 48.5 Å². The van der Waals surface area contributed by atoms with Gasteiger partial charge in [0.1, 0.15) is 23.0 Å². The average molecular weight is 458 g/mol. The summed E-state index contributed by atoms with van der Waals surface area (Å²) in [6.45, 7) is 0. The smallest absolute Gasteiger partial charge is 0.521 e. The third-order valence-corrected chi connectivity index (χ3v) is 8.67. The summed E-state index contributed by atoms with van der Waals surface area (Å²) in [6, 6.07) is 25.3. The van der Waals surface area contributed by atoms with E-state index in [9.17, 15) is 0 Å². The van der Waals surface area contributed by atoms with E-state index >= 15 is 0 Å². The summed E-state index contributed by atoms with van der Waals surface area (Å²) in [5, 5.41) is 14.2. The number of fused-ring (bicyclic) bond motifs is 2. The monoisotopic (exact) mass is 458 g/mol. The highest BCUT2D eigenvalue weighted by Crippen LogP contribution is 2.52. The molecule has 0 amide bonds. The Morgan fingerprint density at radius 2 is 0.611 bits per heavy atom. The average Bonchev–Trinajstić information content (AvgIpc) is 2.92. The maximum atomic E-state index is 6.63. The lowest BCUT2D eigenvalue weighted by Crippen LogP contribution is -2.52. The Hall–Kier alpha value is -4.57. The Morgan fingerprint density at radius 1 is 0.333 bits per heavy atom. The van der Waals surface area contributed by atoms with E-state index in [0.29, 0.717) is 0 Å². The van der Waals surface area contributed by atoms with Crippen molar-refractivity contribution in [3.8, 4) is 23.0 Å². The van der Waals surface area contributed by atoms with Crippen molar-refractivity contribution < 1.29 is 18.6 Å². The fourth-order valence-corrected chi connectivity index (χ4v) is 7.49. The van der Waals surface area contributed by atoms with Gasteiger partial charge >= 0.3 is 14.2 Å². The zero-order valence-corrected chi connectivity index (χ0v) is 18.7. The van der Waals surface area contributed by atoms with Crippen LogP contribution in [0.3, 0.4) is 0 Å². The van der Waals surface area contributed by atoms with E-state index in [4.69, 9.17) is 18.6 Å². The van der Waals surface area contributed by atoms with Crippen molar-refractivity contribution >= 4 is 89.8 Å². The molecule has 4 nitrogen and oxygen atoms in total. The first kappa shape index (κ1) is 17.0. The Labute approximate surface area is 204 Å². The van der Waals surface area contributed by atoms with E-state index in [1.165, 1.54) is 43.1 Å². The lowest BCUT2D eigenvalue weighted by molar-refractivity contribution is 0.440. The van der Waals surface area contributed by atoms with Gasteiger partial charge in [0.15, 0.2) is 0 Å². The largest absolute Gasteiger partial charge is 0.634 e. The quantitative estimate of drug-likeness (QED) is 0.169. The maximum absolute atomic E-state index is 6.63. The van der Waals surface area contributed by atoms with Crippen molar-refractivity contribution in [2.24, 2.45) is 0 Å². The van der Waals surface area contributed by atoms with Crippen molar-refractivity contribution in [1.29, 1.82) is 0 Å². The fraction of sp³-hybridized carbons (Fsp3) is 0. The minimum Gasteiger partial charge on any atom is -0.521 e. The van der Waals surface area contributed by atoms with Crippen LogP contribution in [0, 0.1) is 0 Å². The molecule has 4 aliphatic heterocycles. The van der Waals surface area contributed by atoms with Gasteiger partial charge in [0.05, 0.1) is 0 Å². The summed E-state index contributed by atoms with van der Waals surface area (Å²) in [6.07, 6.45) is 0. The summed E-state index contributed by atoms with van der Waals surface area (Å²) in [5.41, 5.74) is 2.26. The molecule has 0 bridgehead atoms. The highest BCUT2D eigenvalue weighted by Gasteiger charge is 2.47. The number of benzene rings is 7. The predicted molar refractivity (Wildman–Crippen MR) is 145 cm³/mol. The number of hydrogen-bond acceptors (Lipinski definition) is 4. The van der Waals surface area contributed by atoms with Crippen LogP contribution in [0.25, 0.3) is 64.6 Å². The second kappa shape index (κ2) is 5.17. The van der Waals surface area contributed by atoms with Crippen LogP contribution in [0.1, 0.15) is 0 Å². The van der Waals surface area contributed by atoms with Gasteiger partial charge in [-0.15, -0.1) is 0 Å². The van der Waals surface area contributed by atoms with Crippen LogP contribution in [0.2, 0.25) is 0 Å². The van der Waals surface area contributed by atoms with Crippen LogP contribution in [-0.2, 0) is 0 Å². The van der Waals surface area contributed by atoms with E-state index in [1.54, 1.807) is 0 Å². The molecule has 0 saturated carbocycles. The van der Waals surface area contributed by atoms with Gasteiger partial charge in [-0.3, -0.25) is 0 Å².